The molecule has 1 atom stereocenters. The van der Waals surface area contributed by atoms with Crippen LogP contribution in [0.25, 0.3) is 0 Å². The molecule has 0 aliphatic heterocycles. The molecule has 0 aliphatic rings. The zero-order valence-electron chi connectivity index (χ0n) is 16.5. The summed E-state index contributed by atoms with van der Waals surface area (Å²) in [5, 5.41) is 6.83. The summed E-state index contributed by atoms with van der Waals surface area (Å²) in [5.74, 6) is 0.583. The Labute approximate surface area is 166 Å². The van der Waals surface area contributed by atoms with E-state index >= 15 is 0 Å². The first kappa shape index (κ1) is 21.2. The Bertz CT molecular complexity index is 786. The van der Waals surface area contributed by atoms with Crippen LogP contribution in [0.15, 0.2) is 59.7 Å². The van der Waals surface area contributed by atoms with Crippen LogP contribution >= 0.6 is 0 Å². The molecule has 0 bridgehead atoms. The minimum atomic E-state index is -0.185. The largest absolute Gasteiger partial charge is 0.484 e. The fourth-order valence-electron chi connectivity index (χ4n) is 2.50. The van der Waals surface area contributed by atoms with Crippen molar-refractivity contribution < 1.29 is 14.3 Å². The zero-order chi connectivity index (χ0) is 20.4. The highest BCUT2D eigenvalue weighted by atomic mass is 16.5. The van der Waals surface area contributed by atoms with Gasteiger partial charge in [0.1, 0.15) is 5.75 Å². The van der Waals surface area contributed by atoms with Crippen molar-refractivity contribution in [1.82, 2.24) is 10.7 Å². The van der Waals surface area contributed by atoms with Gasteiger partial charge in [0.15, 0.2) is 6.61 Å². The molecule has 0 radical (unpaired) electrons. The van der Waals surface area contributed by atoms with E-state index in [2.05, 4.69) is 15.8 Å². The molecule has 2 aromatic carbocycles. The summed E-state index contributed by atoms with van der Waals surface area (Å²) in [4.78, 5) is 23.6. The summed E-state index contributed by atoms with van der Waals surface area (Å²) in [5.41, 5.74) is 4.36. The number of benzene rings is 2. The van der Waals surface area contributed by atoms with Gasteiger partial charge < -0.3 is 10.1 Å². The molecule has 2 rings (SSSR count). The number of hydrogen-bond donors (Lipinski definition) is 2. The average Bonchev–Trinajstić information content (AvgIpc) is 2.67. The minimum Gasteiger partial charge on any atom is -0.484 e. The van der Waals surface area contributed by atoms with Gasteiger partial charge in [0, 0.05) is 6.42 Å². The number of nitrogens with one attached hydrogen (secondary N) is 2. The fourth-order valence-corrected chi connectivity index (χ4v) is 2.50. The molecule has 0 aromatic heterocycles. The molecule has 0 spiro atoms. The van der Waals surface area contributed by atoms with Gasteiger partial charge >= 0.3 is 0 Å². The van der Waals surface area contributed by atoms with Crippen LogP contribution in [-0.4, -0.2) is 24.6 Å². The second-order valence-electron chi connectivity index (χ2n) is 6.95. The molecule has 0 heterocycles. The predicted octanol–water partition coefficient (Wildman–Crippen LogP) is 3.44. The smallest absolute Gasteiger partial charge is 0.258 e. The van der Waals surface area contributed by atoms with Crippen LogP contribution in [-0.2, 0) is 9.59 Å². The summed E-state index contributed by atoms with van der Waals surface area (Å²) >= 11 is 0. The van der Waals surface area contributed by atoms with Crippen molar-refractivity contribution >= 4 is 18.0 Å². The number of hydrogen-bond acceptors (Lipinski definition) is 4. The van der Waals surface area contributed by atoms with Crippen molar-refractivity contribution in [3.05, 3.63) is 65.7 Å². The minimum absolute atomic E-state index is 0.0597. The highest BCUT2D eigenvalue weighted by Crippen LogP contribution is 2.13. The zero-order valence-corrected chi connectivity index (χ0v) is 16.5. The van der Waals surface area contributed by atoms with Gasteiger partial charge in [-0.1, -0.05) is 44.2 Å². The molecule has 6 heteroatoms. The first-order valence-corrected chi connectivity index (χ1v) is 9.33. The van der Waals surface area contributed by atoms with Crippen LogP contribution in [0.4, 0.5) is 0 Å². The van der Waals surface area contributed by atoms with Crippen molar-refractivity contribution in [2.45, 2.75) is 33.2 Å². The molecule has 2 aromatic rings. The van der Waals surface area contributed by atoms with Gasteiger partial charge in [-0.3, -0.25) is 9.59 Å². The molecule has 0 saturated carbocycles. The van der Waals surface area contributed by atoms with Gasteiger partial charge in [-0.2, -0.15) is 5.10 Å². The van der Waals surface area contributed by atoms with E-state index in [-0.39, 0.29) is 24.5 Å². The van der Waals surface area contributed by atoms with Gasteiger partial charge in [-0.05, 0) is 48.2 Å². The fraction of sp³-hybridized carbons (Fsp3) is 0.318. The number of amides is 2. The van der Waals surface area contributed by atoms with Crippen molar-refractivity contribution in [3.63, 3.8) is 0 Å². The number of rotatable bonds is 9. The summed E-state index contributed by atoms with van der Waals surface area (Å²) in [6, 6.07) is 16.8. The summed E-state index contributed by atoms with van der Waals surface area (Å²) < 4.78 is 5.52. The highest BCUT2D eigenvalue weighted by molar-refractivity contribution is 5.82. The van der Waals surface area contributed by atoms with Crippen LogP contribution in [0, 0.1) is 5.92 Å². The lowest BCUT2D eigenvalue weighted by Crippen LogP contribution is -2.31. The molecule has 0 unspecified atom stereocenters. The topological polar surface area (TPSA) is 79.8 Å². The van der Waals surface area contributed by atoms with E-state index < -0.39 is 0 Å². The molecule has 2 amide bonds. The normalized spacial score (nSPS) is 12.0. The van der Waals surface area contributed by atoms with Gasteiger partial charge in [0.25, 0.3) is 5.91 Å². The Hall–Kier alpha value is -3.15. The molecular formula is C22H27N3O3. The third kappa shape index (κ3) is 7.61. The van der Waals surface area contributed by atoms with E-state index in [1.165, 1.54) is 0 Å². The third-order valence-corrected chi connectivity index (χ3v) is 3.92. The van der Waals surface area contributed by atoms with Gasteiger partial charge in [-0.15, -0.1) is 0 Å². The number of carbonyl (C=O) groups is 2. The van der Waals surface area contributed by atoms with Gasteiger partial charge in [-0.25, -0.2) is 5.43 Å². The van der Waals surface area contributed by atoms with E-state index in [1.54, 1.807) is 30.5 Å². The van der Waals surface area contributed by atoms with Crippen LogP contribution in [0.3, 0.4) is 0 Å². The van der Waals surface area contributed by atoms with E-state index in [4.69, 9.17) is 4.74 Å². The lowest BCUT2D eigenvalue weighted by Gasteiger charge is -2.14. The lowest BCUT2D eigenvalue weighted by molar-refractivity contribution is -0.124. The predicted molar refractivity (Wildman–Crippen MR) is 110 cm³/mol. The van der Waals surface area contributed by atoms with Crippen LogP contribution in [0.5, 0.6) is 5.75 Å². The molecule has 0 saturated heterocycles. The first-order valence-electron chi connectivity index (χ1n) is 9.33. The number of carbonyl (C=O) groups excluding carboxylic acids is 2. The lowest BCUT2D eigenvalue weighted by atomic mass is 10.1. The standard InChI is InChI=1S/C22H27N3O3/c1-16(2)13-21(26)25-23-14-18-9-11-20(12-10-18)28-15-22(27)24-17(3)19-7-5-4-6-8-19/h4-12,14,16-17H,13,15H2,1-3H3,(H,24,27)(H,25,26)/b23-14-/t17-/m1/s1. The molecule has 0 aliphatic carbocycles. The van der Waals surface area contributed by atoms with Crippen LogP contribution in [0.1, 0.15) is 44.4 Å². The maximum absolute atomic E-state index is 12.1. The van der Waals surface area contributed by atoms with E-state index in [0.29, 0.717) is 18.1 Å². The Kier molecular flexibility index (Phi) is 8.21. The SMILES string of the molecule is CC(C)CC(=O)N/N=C\c1ccc(OCC(=O)N[C@H](C)c2ccccc2)cc1. The monoisotopic (exact) mass is 381 g/mol. The van der Waals surface area contributed by atoms with Crippen molar-refractivity contribution in [2.75, 3.05) is 6.61 Å². The Morgan fingerprint density at radius 1 is 1.00 bits per heavy atom. The van der Waals surface area contributed by atoms with Gasteiger partial charge in [0.05, 0.1) is 12.3 Å². The second-order valence-corrected chi connectivity index (χ2v) is 6.95. The summed E-state index contributed by atoms with van der Waals surface area (Å²) in [6.07, 6.45) is 2.01. The number of ether oxygens (including phenoxy) is 1. The van der Waals surface area contributed by atoms with Gasteiger partial charge in [0.2, 0.25) is 5.91 Å². The van der Waals surface area contributed by atoms with Crippen molar-refractivity contribution in [1.29, 1.82) is 0 Å². The summed E-state index contributed by atoms with van der Waals surface area (Å²) in [6.45, 7) is 5.83. The Balaban J connectivity index is 1.76. The number of nitrogens with zero attached hydrogens (tertiary/aromatic N) is 1. The second kappa shape index (κ2) is 10.9. The van der Waals surface area contributed by atoms with Crippen LogP contribution < -0.4 is 15.5 Å². The summed E-state index contributed by atoms with van der Waals surface area (Å²) in [7, 11) is 0. The van der Waals surface area contributed by atoms with E-state index in [0.717, 1.165) is 11.1 Å². The van der Waals surface area contributed by atoms with E-state index in [1.807, 2.05) is 51.1 Å². The maximum atomic E-state index is 12.1. The average molecular weight is 381 g/mol. The molecule has 28 heavy (non-hydrogen) atoms. The first-order chi connectivity index (χ1) is 13.4. The highest BCUT2D eigenvalue weighted by Gasteiger charge is 2.09. The number of hydrazone groups is 1. The molecule has 0 fully saturated rings. The quantitative estimate of drug-likeness (QED) is 0.516. The third-order valence-electron chi connectivity index (χ3n) is 3.92. The van der Waals surface area contributed by atoms with Crippen LogP contribution in [0.2, 0.25) is 0 Å². The maximum Gasteiger partial charge on any atom is 0.258 e. The molecule has 148 valence electrons. The molecular weight excluding hydrogens is 354 g/mol. The van der Waals surface area contributed by atoms with E-state index in [9.17, 15) is 9.59 Å². The Morgan fingerprint density at radius 2 is 1.68 bits per heavy atom. The Morgan fingerprint density at radius 3 is 2.32 bits per heavy atom. The van der Waals surface area contributed by atoms with Crippen molar-refractivity contribution in [2.24, 2.45) is 11.0 Å². The molecule has 6 nitrogen and oxygen atoms in total. The molecule has 2 N–H and O–H groups in total. The van der Waals surface area contributed by atoms with Crippen molar-refractivity contribution in [3.8, 4) is 5.75 Å².